The lowest BCUT2D eigenvalue weighted by atomic mass is 10.3. The SMILES string of the molecule is NC(=O)SN1CCN(c2cnccn2)CC1. The Morgan fingerprint density at radius 2 is 2.06 bits per heavy atom. The Labute approximate surface area is 98.0 Å². The summed E-state index contributed by atoms with van der Waals surface area (Å²) in [5.74, 6) is 0.881. The van der Waals surface area contributed by atoms with Gasteiger partial charge >= 0.3 is 0 Å². The second-order valence-electron chi connectivity index (χ2n) is 3.39. The van der Waals surface area contributed by atoms with Gasteiger partial charge < -0.3 is 10.6 Å². The number of hydrogen-bond acceptors (Lipinski definition) is 6. The lowest BCUT2D eigenvalue weighted by molar-refractivity contribution is 0.266. The average Bonchev–Trinajstić information content (AvgIpc) is 2.30. The predicted octanol–water partition coefficient (Wildman–Crippen LogP) is 0.325. The Kier molecular flexibility index (Phi) is 3.58. The zero-order valence-electron chi connectivity index (χ0n) is 8.74. The molecule has 0 atom stereocenters. The molecule has 0 unspecified atom stereocenters. The van der Waals surface area contributed by atoms with E-state index in [9.17, 15) is 4.79 Å². The van der Waals surface area contributed by atoms with Crippen molar-refractivity contribution >= 4 is 23.0 Å². The van der Waals surface area contributed by atoms with Crippen molar-refractivity contribution < 1.29 is 4.79 Å². The Morgan fingerprint density at radius 1 is 1.31 bits per heavy atom. The molecule has 0 saturated carbocycles. The van der Waals surface area contributed by atoms with Gasteiger partial charge in [0.2, 0.25) is 0 Å². The monoisotopic (exact) mass is 239 g/mol. The van der Waals surface area contributed by atoms with E-state index in [0.717, 1.165) is 43.9 Å². The molecule has 0 aliphatic carbocycles. The molecule has 1 aromatic rings. The standard InChI is InChI=1S/C9H13N5OS/c10-9(15)16-14-5-3-13(4-6-14)8-7-11-1-2-12-8/h1-2,7H,3-6H2,(H2,10,15). The molecule has 16 heavy (non-hydrogen) atoms. The third kappa shape index (κ3) is 2.83. The van der Waals surface area contributed by atoms with Crippen LogP contribution in [0.4, 0.5) is 10.6 Å². The van der Waals surface area contributed by atoms with E-state index in [1.54, 1.807) is 18.6 Å². The molecule has 7 heteroatoms. The summed E-state index contributed by atoms with van der Waals surface area (Å²) in [5, 5.41) is -0.354. The van der Waals surface area contributed by atoms with Gasteiger partial charge in [-0.2, -0.15) is 0 Å². The molecule has 2 rings (SSSR count). The number of nitrogens with zero attached hydrogens (tertiary/aromatic N) is 4. The molecule has 0 bridgehead atoms. The lowest BCUT2D eigenvalue weighted by Gasteiger charge is -2.33. The van der Waals surface area contributed by atoms with Gasteiger partial charge in [0.15, 0.2) is 0 Å². The van der Waals surface area contributed by atoms with Crippen LogP contribution in [0.2, 0.25) is 0 Å². The second kappa shape index (κ2) is 5.13. The van der Waals surface area contributed by atoms with Crippen LogP contribution < -0.4 is 10.6 Å². The summed E-state index contributed by atoms with van der Waals surface area (Å²) in [7, 11) is 0. The maximum absolute atomic E-state index is 10.7. The van der Waals surface area contributed by atoms with Gasteiger partial charge in [-0.1, -0.05) is 0 Å². The molecule has 2 heterocycles. The van der Waals surface area contributed by atoms with Gasteiger partial charge in [-0.25, -0.2) is 9.29 Å². The summed E-state index contributed by atoms with van der Waals surface area (Å²) in [6.07, 6.45) is 5.08. The topological polar surface area (TPSA) is 75.4 Å². The zero-order valence-corrected chi connectivity index (χ0v) is 9.56. The normalized spacial score (nSPS) is 17.4. The third-order valence-corrected chi connectivity index (χ3v) is 3.13. The van der Waals surface area contributed by atoms with E-state index in [1.165, 1.54) is 0 Å². The largest absolute Gasteiger partial charge is 0.359 e. The highest BCUT2D eigenvalue weighted by Gasteiger charge is 2.19. The first-order valence-electron chi connectivity index (χ1n) is 4.99. The van der Waals surface area contributed by atoms with Crippen LogP contribution in [0.3, 0.4) is 0 Å². The first-order valence-corrected chi connectivity index (χ1v) is 5.76. The zero-order chi connectivity index (χ0) is 11.4. The molecule has 2 N–H and O–H groups in total. The number of rotatable bonds is 2. The third-order valence-electron chi connectivity index (χ3n) is 2.33. The van der Waals surface area contributed by atoms with Crippen molar-refractivity contribution in [3.8, 4) is 0 Å². The van der Waals surface area contributed by atoms with Gasteiger partial charge in [0.1, 0.15) is 5.82 Å². The summed E-state index contributed by atoms with van der Waals surface area (Å²) >= 11 is 1.08. The molecule has 0 spiro atoms. The minimum Gasteiger partial charge on any atom is -0.359 e. The van der Waals surface area contributed by atoms with E-state index in [0.29, 0.717) is 0 Å². The average molecular weight is 239 g/mol. The lowest BCUT2D eigenvalue weighted by Crippen LogP contribution is -2.44. The highest BCUT2D eigenvalue weighted by Crippen LogP contribution is 2.16. The molecular formula is C9H13N5OS. The Hall–Kier alpha value is -1.34. The second-order valence-corrected chi connectivity index (χ2v) is 4.49. The van der Waals surface area contributed by atoms with Crippen LogP contribution in [-0.4, -0.2) is 45.7 Å². The first-order chi connectivity index (χ1) is 7.75. The molecule has 86 valence electrons. The van der Waals surface area contributed by atoms with Gasteiger partial charge in [0.05, 0.1) is 6.20 Å². The highest BCUT2D eigenvalue weighted by molar-refractivity contribution is 8.11. The van der Waals surface area contributed by atoms with Crippen LogP contribution in [0.15, 0.2) is 18.6 Å². The molecule has 1 amide bonds. The molecule has 0 radical (unpaired) electrons. The number of aromatic nitrogens is 2. The molecule has 0 aromatic carbocycles. The Morgan fingerprint density at radius 3 is 2.62 bits per heavy atom. The van der Waals surface area contributed by atoms with Crippen molar-refractivity contribution in [1.29, 1.82) is 0 Å². The fourth-order valence-corrected chi connectivity index (χ4v) is 2.19. The number of hydrogen-bond donors (Lipinski definition) is 1. The van der Waals surface area contributed by atoms with Crippen molar-refractivity contribution in [2.75, 3.05) is 31.1 Å². The van der Waals surface area contributed by atoms with Crippen LogP contribution in [0.1, 0.15) is 0 Å². The van der Waals surface area contributed by atoms with E-state index in [1.807, 2.05) is 4.31 Å². The van der Waals surface area contributed by atoms with Gasteiger partial charge in [0.25, 0.3) is 5.24 Å². The van der Waals surface area contributed by atoms with Crippen LogP contribution in [0.5, 0.6) is 0 Å². The van der Waals surface area contributed by atoms with E-state index in [2.05, 4.69) is 14.9 Å². The summed E-state index contributed by atoms with van der Waals surface area (Å²) in [6, 6.07) is 0. The summed E-state index contributed by atoms with van der Waals surface area (Å²) in [6.45, 7) is 3.26. The molecule has 1 aliphatic rings. The Bertz CT molecular complexity index is 352. The number of nitrogens with two attached hydrogens (primary N) is 1. The highest BCUT2D eigenvalue weighted by atomic mass is 32.2. The maximum atomic E-state index is 10.7. The van der Waals surface area contributed by atoms with Crippen LogP contribution in [0.25, 0.3) is 0 Å². The first kappa shape index (κ1) is 11.2. The van der Waals surface area contributed by atoms with Crippen molar-refractivity contribution in [1.82, 2.24) is 14.3 Å². The summed E-state index contributed by atoms with van der Waals surface area (Å²) < 4.78 is 1.97. The van der Waals surface area contributed by atoms with Crippen LogP contribution in [0, 0.1) is 0 Å². The molecule has 1 fully saturated rings. The van der Waals surface area contributed by atoms with E-state index in [4.69, 9.17) is 5.73 Å². The predicted molar refractivity (Wildman–Crippen MR) is 63.0 cm³/mol. The van der Waals surface area contributed by atoms with Crippen molar-refractivity contribution in [2.45, 2.75) is 0 Å². The smallest absolute Gasteiger partial charge is 0.291 e. The minimum absolute atomic E-state index is 0.354. The van der Waals surface area contributed by atoms with E-state index < -0.39 is 0 Å². The molecular weight excluding hydrogens is 226 g/mol. The summed E-state index contributed by atoms with van der Waals surface area (Å²) in [4.78, 5) is 21.1. The number of amides is 1. The van der Waals surface area contributed by atoms with Crippen molar-refractivity contribution in [2.24, 2.45) is 5.73 Å². The van der Waals surface area contributed by atoms with Crippen LogP contribution in [-0.2, 0) is 0 Å². The number of piperazine rings is 1. The maximum Gasteiger partial charge on any atom is 0.291 e. The molecule has 6 nitrogen and oxygen atoms in total. The van der Waals surface area contributed by atoms with Gasteiger partial charge in [-0.3, -0.25) is 9.78 Å². The van der Waals surface area contributed by atoms with Crippen molar-refractivity contribution in [3.05, 3.63) is 18.6 Å². The molecule has 1 aliphatic heterocycles. The molecule has 1 saturated heterocycles. The van der Waals surface area contributed by atoms with E-state index >= 15 is 0 Å². The number of primary amides is 1. The number of carbonyl (C=O) groups is 1. The quantitative estimate of drug-likeness (QED) is 0.749. The van der Waals surface area contributed by atoms with Gasteiger partial charge in [0, 0.05) is 50.5 Å². The fourth-order valence-electron chi connectivity index (χ4n) is 1.59. The number of carbonyl (C=O) groups excluding carboxylic acids is 1. The minimum atomic E-state index is -0.354. The van der Waals surface area contributed by atoms with Crippen molar-refractivity contribution in [3.63, 3.8) is 0 Å². The number of anilines is 1. The van der Waals surface area contributed by atoms with E-state index in [-0.39, 0.29) is 5.24 Å². The fraction of sp³-hybridized carbons (Fsp3) is 0.444. The summed E-state index contributed by atoms with van der Waals surface area (Å²) in [5.41, 5.74) is 5.12. The Balaban J connectivity index is 1.88. The van der Waals surface area contributed by atoms with Gasteiger partial charge in [-0.05, 0) is 0 Å². The van der Waals surface area contributed by atoms with Gasteiger partial charge in [-0.15, -0.1) is 0 Å². The van der Waals surface area contributed by atoms with Crippen LogP contribution >= 0.6 is 11.9 Å². The molecule has 1 aromatic heterocycles.